The van der Waals surface area contributed by atoms with Crippen LogP contribution in [0.3, 0.4) is 0 Å². The van der Waals surface area contributed by atoms with Crippen LogP contribution in [-0.2, 0) is 0 Å². The average molecular weight is 221 g/mol. The van der Waals surface area contributed by atoms with E-state index in [1.54, 1.807) is 0 Å². The minimum Gasteiger partial charge on any atom is -0.285 e. The molecule has 0 saturated heterocycles. The Balaban J connectivity index is 4.65. The van der Waals surface area contributed by atoms with E-state index >= 15 is 0 Å². The molecule has 0 amide bonds. The van der Waals surface area contributed by atoms with Gasteiger partial charge in [0.15, 0.2) is 0 Å². The lowest BCUT2D eigenvalue weighted by Crippen LogP contribution is -2.00. The molecule has 0 aliphatic carbocycles. The fraction of sp³-hybridized carbons (Fsp3) is 0.889. The molecular weight excluding hydrogens is 203 g/mol. The van der Waals surface area contributed by atoms with Crippen molar-refractivity contribution < 1.29 is 0 Å². The maximum atomic E-state index is 8.51. The van der Waals surface area contributed by atoms with Crippen LogP contribution in [0, 0.1) is 11.3 Å². The van der Waals surface area contributed by atoms with Gasteiger partial charge in [-0.2, -0.15) is 5.26 Å². The van der Waals surface area contributed by atoms with Crippen LogP contribution >= 0.6 is 17.6 Å². The van der Waals surface area contributed by atoms with E-state index in [-0.39, 0.29) is 6.04 Å². The first-order chi connectivity index (χ1) is 5.92. The molecule has 0 spiro atoms. The fourth-order valence-corrected chi connectivity index (χ4v) is 3.90. The third-order valence-corrected chi connectivity index (χ3v) is 6.97. The Morgan fingerprint density at radius 1 is 1.38 bits per heavy atom. The van der Waals surface area contributed by atoms with Gasteiger partial charge in [0.2, 0.25) is 0 Å². The molecule has 0 saturated carbocycles. The van der Waals surface area contributed by atoms with Crippen LogP contribution in [0.25, 0.3) is 0 Å². The minimum absolute atomic E-state index is 0.270. The SMILES string of the molecule is CC(C)N=P(Cl)(CCC#N)C(C)C. The fourth-order valence-electron chi connectivity index (χ4n) is 1.04. The summed E-state index contributed by atoms with van der Waals surface area (Å²) in [4.78, 5) is 0. The third-order valence-electron chi connectivity index (χ3n) is 1.75. The Morgan fingerprint density at radius 2 is 1.92 bits per heavy atom. The molecule has 76 valence electrons. The topological polar surface area (TPSA) is 36.1 Å². The highest BCUT2D eigenvalue weighted by Gasteiger charge is 2.20. The summed E-state index contributed by atoms with van der Waals surface area (Å²) < 4.78 is 4.57. The normalized spacial score (nSPS) is 15.5. The van der Waals surface area contributed by atoms with Crippen LogP contribution in [0.1, 0.15) is 34.1 Å². The first-order valence-corrected chi connectivity index (χ1v) is 7.49. The van der Waals surface area contributed by atoms with Crippen LogP contribution in [0.2, 0.25) is 0 Å². The molecule has 0 aliphatic heterocycles. The highest BCUT2D eigenvalue weighted by molar-refractivity contribution is 7.91. The molecule has 4 heteroatoms. The van der Waals surface area contributed by atoms with Gasteiger partial charge in [-0.05, 0) is 13.8 Å². The summed E-state index contributed by atoms with van der Waals surface area (Å²) in [5.74, 6) is 0. The van der Waals surface area contributed by atoms with Crippen molar-refractivity contribution in [3.05, 3.63) is 0 Å². The van der Waals surface area contributed by atoms with Gasteiger partial charge in [0.25, 0.3) is 0 Å². The molecule has 0 rings (SSSR count). The Kier molecular flexibility index (Phi) is 5.68. The summed E-state index contributed by atoms with van der Waals surface area (Å²) in [7, 11) is 0. The van der Waals surface area contributed by atoms with Crippen molar-refractivity contribution in [3.8, 4) is 6.07 Å². The van der Waals surface area contributed by atoms with Crippen LogP contribution in [0.5, 0.6) is 0 Å². The second-order valence-corrected chi connectivity index (χ2v) is 8.60. The van der Waals surface area contributed by atoms with E-state index in [1.165, 1.54) is 0 Å². The van der Waals surface area contributed by atoms with Crippen molar-refractivity contribution in [3.63, 3.8) is 0 Å². The number of hydrogen-bond donors (Lipinski definition) is 0. The molecule has 0 N–H and O–H groups in total. The van der Waals surface area contributed by atoms with Crippen molar-refractivity contribution in [2.75, 3.05) is 6.16 Å². The Hall–Kier alpha value is 0.0100. The van der Waals surface area contributed by atoms with Gasteiger partial charge in [0.05, 0.1) is 12.5 Å². The molecule has 1 atom stereocenters. The third kappa shape index (κ3) is 4.69. The number of nitrogens with zero attached hydrogens (tertiary/aromatic N) is 2. The smallest absolute Gasteiger partial charge is 0.0626 e. The summed E-state index contributed by atoms with van der Waals surface area (Å²) in [5.41, 5.74) is 0.380. The molecule has 0 radical (unpaired) electrons. The zero-order valence-electron chi connectivity index (χ0n) is 8.79. The van der Waals surface area contributed by atoms with E-state index in [0.717, 1.165) is 6.16 Å². The largest absolute Gasteiger partial charge is 0.285 e. The van der Waals surface area contributed by atoms with Crippen LogP contribution in [-0.4, -0.2) is 17.9 Å². The van der Waals surface area contributed by atoms with E-state index in [9.17, 15) is 0 Å². The van der Waals surface area contributed by atoms with Crippen LogP contribution < -0.4 is 0 Å². The Labute approximate surface area is 86.1 Å². The van der Waals surface area contributed by atoms with E-state index in [2.05, 4.69) is 24.7 Å². The van der Waals surface area contributed by atoms with Crippen molar-refractivity contribution in [2.45, 2.75) is 45.8 Å². The van der Waals surface area contributed by atoms with Crippen molar-refractivity contribution in [1.29, 1.82) is 5.26 Å². The molecule has 0 bridgehead atoms. The molecule has 2 nitrogen and oxygen atoms in total. The van der Waals surface area contributed by atoms with E-state index < -0.39 is 6.41 Å². The van der Waals surface area contributed by atoms with Crippen molar-refractivity contribution in [1.82, 2.24) is 0 Å². The highest BCUT2D eigenvalue weighted by Crippen LogP contribution is 2.59. The molecule has 0 aromatic rings. The number of halogens is 1. The van der Waals surface area contributed by atoms with Crippen molar-refractivity contribution in [2.24, 2.45) is 4.74 Å². The summed E-state index contributed by atoms with van der Waals surface area (Å²) in [5, 5.41) is 8.51. The lowest BCUT2D eigenvalue weighted by Gasteiger charge is -2.21. The van der Waals surface area contributed by atoms with Gasteiger partial charge in [-0.3, -0.25) is 4.74 Å². The quantitative estimate of drug-likeness (QED) is 0.658. The Bertz CT molecular complexity index is 240. The maximum absolute atomic E-state index is 8.51. The van der Waals surface area contributed by atoms with Gasteiger partial charge >= 0.3 is 0 Å². The second-order valence-electron chi connectivity index (χ2n) is 3.67. The molecular formula is C9H18ClN2P. The molecule has 1 unspecified atom stereocenters. The molecule has 0 heterocycles. The number of nitriles is 1. The minimum atomic E-state index is -1.74. The summed E-state index contributed by atoms with van der Waals surface area (Å²) in [6.07, 6.45) is -0.469. The predicted molar refractivity (Wildman–Crippen MR) is 60.6 cm³/mol. The predicted octanol–water partition coefficient (Wildman–Crippen LogP) is 4.07. The summed E-state index contributed by atoms with van der Waals surface area (Å²) in [6.45, 7) is 8.24. The molecule has 0 aromatic carbocycles. The molecule has 13 heavy (non-hydrogen) atoms. The van der Waals surface area contributed by atoms with E-state index in [1.807, 2.05) is 13.8 Å². The van der Waals surface area contributed by atoms with E-state index in [0.29, 0.717) is 12.1 Å². The van der Waals surface area contributed by atoms with Crippen molar-refractivity contribution >= 4 is 17.6 Å². The van der Waals surface area contributed by atoms with Gasteiger partial charge in [0.1, 0.15) is 0 Å². The van der Waals surface area contributed by atoms with E-state index in [4.69, 9.17) is 16.5 Å². The zero-order chi connectivity index (χ0) is 10.5. The number of hydrogen-bond acceptors (Lipinski definition) is 2. The lowest BCUT2D eigenvalue weighted by atomic mass is 10.4. The second kappa shape index (κ2) is 5.68. The van der Waals surface area contributed by atoms with Gasteiger partial charge in [0, 0.05) is 24.3 Å². The first-order valence-electron chi connectivity index (χ1n) is 4.59. The van der Waals surface area contributed by atoms with Crippen LogP contribution in [0.4, 0.5) is 0 Å². The molecule has 0 fully saturated rings. The zero-order valence-corrected chi connectivity index (χ0v) is 10.4. The van der Waals surface area contributed by atoms with Crippen LogP contribution in [0.15, 0.2) is 4.74 Å². The highest BCUT2D eigenvalue weighted by atomic mass is 35.7. The van der Waals surface area contributed by atoms with Gasteiger partial charge in [-0.15, -0.1) is 0 Å². The van der Waals surface area contributed by atoms with Gasteiger partial charge in [-0.1, -0.05) is 25.1 Å². The van der Waals surface area contributed by atoms with Gasteiger partial charge < -0.3 is 0 Å². The molecule has 0 aliphatic rings. The number of rotatable bonds is 4. The summed E-state index contributed by atoms with van der Waals surface area (Å²) in [6, 6.07) is 2.41. The van der Waals surface area contributed by atoms with Gasteiger partial charge in [-0.25, -0.2) is 0 Å². The maximum Gasteiger partial charge on any atom is 0.0626 e. The lowest BCUT2D eigenvalue weighted by molar-refractivity contribution is 0.840. The molecule has 0 aromatic heterocycles. The summed E-state index contributed by atoms with van der Waals surface area (Å²) >= 11 is 6.44. The first kappa shape index (κ1) is 13.0. The average Bonchev–Trinajstić information content (AvgIpc) is 1.99. The Morgan fingerprint density at radius 3 is 2.23 bits per heavy atom. The standard InChI is InChI=1S/C9H18ClN2P/c1-8(2)12-13(10,9(3)4)7-5-6-11/h8-9H,5,7H2,1-4H3. The monoisotopic (exact) mass is 220 g/mol.